The lowest BCUT2D eigenvalue weighted by atomic mass is 9.95. The van der Waals surface area contributed by atoms with Gasteiger partial charge < -0.3 is 0 Å². The van der Waals surface area contributed by atoms with Crippen molar-refractivity contribution in [1.29, 1.82) is 0 Å². The van der Waals surface area contributed by atoms with Gasteiger partial charge in [-0.3, -0.25) is 0 Å². The van der Waals surface area contributed by atoms with Crippen molar-refractivity contribution in [3.63, 3.8) is 0 Å². The van der Waals surface area contributed by atoms with Crippen molar-refractivity contribution >= 4 is 11.7 Å². The topological polar surface area (TPSA) is 24.7 Å². The van der Waals surface area contributed by atoms with E-state index in [-0.39, 0.29) is 0 Å². The van der Waals surface area contributed by atoms with Gasteiger partial charge in [0, 0.05) is 7.05 Å². The molecule has 0 atom stereocenters. The summed E-state index contributed by atoms with van der Waals surface area (Å²) in [5, 5.41) is 0. The summed E-state index contributed by atoms with van der Waals surface area (Å²) >= 11 is 0. The predicted molar refractivity (Wildman–Crippen MR) is 70.1 cm³/mol. The van der Waals surface area contributed by atoms with Gasteiger partial charge in [0.2, 0.25) is 0 Å². The van der Waals surface area contributed by atoms with Gasteiger partial charge in [-0.1, -0.05) is 33.8 Å². The van der Waals surface area contributed by atoms with E-state index < -0.39 is 0 Å². The van der Waals surface area contributed by atoms with Crippen LogP contribution in [0.25, 0.3) is 0 Å². The molecule has 0 amide bonds. The fraction of sp³-hybridized carbons (Fsp3) is 0.500. The molecule has 0 heterocycles. The van der Waals surface area contributed by atoms with Gasteiger partial charge >= 0.3 is 0 Å². The molecule has 1 rings (SSSR count). The van der Waals surface area contributed by atoms with Gasteiger partial charge in [0.15, 0.2) is 0 Å². The molecule has 0 radical (unpaired) electrons. The van der Waals surface area contributed by atoms with Crippen LogP contribution in [0.2, 0.25) is 0 Å². The van der Waals surface area contributed by atoms with Crippen molar-refractivity contribution in [2.45, 2.75) is 39.5 Å². The lowest BCUT2D eigenvalue weighted by Gasteiger charge is -2.11. The number of aliphatic imine (C=N–C) groups is 2. The Morgan fingerprint density at radius 1 is 0.938 bits per heavy atom. The van der Waals surface area contributed by atoms with Crippen LogP contribution < -0.4 is 0 Å². The molecule has 0 aliphatic rings. The van der Waals surface area contributed by atoms with Crippen molar-refractivity contribution in [2.24, 2.45) is 9.98 Å². The average Bonchev–Trinajstić information content (AvgIpc) is 2.25. The van der Waals surface area contributed by atoms with Crippen LogP contribution in [-0.2, 0) is 0 Å². The summed E-state index contributed by atoms with van der Waals surface area (Å²) in [6, 6.07) is 9.12. The largest absolute Gasteiger partial charge is 0.229 e. The zero-order valence-corrected chi connectivity index (χ0v) is 10.8. The van der Waals surface area contributed by atoms with Crippen LogP contribution in [0.5, 0.6) is 0 Å². The van der Waals surface area contributed by atoms with Gasteiger partial charge in [0.1, 0.15) is 0 Å². The van der Waals surface area contributed by atoms with Crippen molar-refractivity contribution in [3.8, 4) is 0 Å². The van der Waals surface area contributed by atoms with Crippen molar-refractivity contribution < 1.29 is 0 Å². The second-order valence-electron chi connectivity index (χ2n) is 4.60. The van der Waals surface area contributed by atoms with E-state index in [9.17, 15) is 0 Å². The molecule has 0 saturated carbocycles. The first-order chi connectivity index (χ1) is 7.54. The van der Waals surface area contributed by atoms with Gasteiger partial charge in [0.05, 0.1) is 11.7 Å². The Hall–Kier alpha value is -1.40. The smallest absolute Gasteiger partial charge is 0.0946 e. The molecule has 0 spiro atoms. The molecule has 0 unspecified atom stereocenters. The molecule has 0 aliphatic heterocycles. The second-order valence-corrected chi connectivity index (χ2v) is 4.60. The highest BCUT2D eigenvalue weighted by Crippen LogP contribution is 2.27. The minimum atomic E-state index is 0.520. The van der Waals surface area contributed by atoms with Crippen molar-refractivity contribution in [2.75, 3.05) is 7.05 Å². The molecule has 1 aromatic rings. The second kappa shape index (κ2) is 5.62. The van der Waals surface area contributed by atoms with Crippen LogP contribution in [-0.4, -0.2) is 13.1 Å². The van der Waals surface area contributed by atoms with Gasteiger partial charge in [0.25, 0.3) is 0 Å². The highest BCUT2D eigenvalue weighted by atomic mass is 14.8. The SMILES string of the molecule is CN=C=Nc1cc(C(C)C)cc(C(C)C)c1. The first-order valence-electron chi connectivity index (χ1n) is 5.74. The summed E-state index contributed by atoms with van der Waals surface area (Å²) in [5.41, 5.74) is 3.59. The summed E-state index contributed by atoms with van der Waals surface area (Å²) in [6.07, 6.45) is 0. The van der Waals surface area contributed by atoms with Crippen LogP contribution >= 0.6 is 0 Å². The van der Waals surface area contributed by atoms with Crippen LogP contribution in [0.4, 0.5) is 5.69 Å². The predicted octanol–water partition coefficient (Wildman–Crippen LogP) is 4.37. The highest BCUT2D eigenvalue weighted by Gasteiger charge is 2.06. The van der Waals surface area contributed by atoms with Crippen LogP contribution in [0.15, 0.2) is 28.2 Å². The highest BCUT2D eigenvalue weighted by molar-refractivity contribution is 5.55. The number of hydrogen-bond donors (Lipinski definition) is 0. The standard InChI is InChI=1S/C14H20N2/c1-10(2)12-6-13(11(3)4)8-14(7-12)16-9-15-5/h6-8,10-11H,1-5H3. The number of benzene rings is 1. The molecule has 0 saturated heterocycles. The molecule has 2 heteroatoms. The molecule has 0 fully saturated rings. The van der Waals surface area contributed by atoms with E-state index in [0.717, 1.165) is 5.69 Å². The maximum atomic E-state index is 4.19. The average molecular weight is 216 g/mol. The van der Waals surface area contributed by atoms with E-state index in [1.807, 2.05) is 0 Å². The van der Waals surface area contributed by atoms with Gasteiger partial charge in [-0.15, -0.1) is 0 Å². The Morgan fingerprint density at radius 3 is 1.81 bits per heavy atom. The van der Waals surface area contributed by atoms with E-state index in [1.165, 1.54) is 11.1 Å². The Balaban J connectivity index is 3.24. The quantitative estimate of drug-likeness (QED) is 0.670. The van der Waals surface area contributed by atoms with Crippen LogP contribution in [0, 0.1) is 0 Å². The molecule has 2 nitrogen and oxygen atoms in total. The Morgan fingerprint density at radius 2 is 1.44 bits per heavy atom. The summed E-state index contributed by atoms with van der Waals surface area (Å²) in [6.45, 7) is 8.78. The summed E-state index contributed by atoms with van der Waals surface area (Å²) in [4.78, 5) is 7.96. The first kappa shape index (κ1) is 12.7. The van der Waals surface area contributed by atoms with E-state index >= 15 is 0 Å². The Bertz CT molecular complexity index is 384. The maximum absolute atomic E-state index is 4.19. The van der Waals surface area contributed by atoms with Crippen molar-refractivity contribution in [3.05, 3.63) is 29.3 Å². The van der Waals surface area contributed by atoms with Crippen LogP contribution in [0.1, 0.15) is 50.7 Å². The normalized spacial score (nSPS) is 10.4. The third kappa shape index (κ3) is 3.32. The van der Waals surface area contributed by atoms with Gasteiger partial charge in [-0.25, -0.2) is 4.99 Å². The first-order valence-corrected chi connectivity index (χ1v) is 5.74. The summed E-state index contributed by atoms with van der Waals surface area (Å²) in [7, 11) is 1.68. The van der Waals surface area contributed by atoms with Gasteiger partial charge in [-0.2, -0.15) is 4.99 Å². The van der Waals surface area contributed by atoms with E-state index in [2.05, 4.69) is 61.9 Å². The monoisotopic (exact) mass is 216 g/mol. The minimum Gasteiger partial charge on any atom is -0.229 e. The zero-order chi connectivity index (χ0) is 12.1. The number of nitrogens with zero attached hydrogens (tertiary/aromatic N) is 2. The molecular formula is C14H20N2. The Labute approximate surface area is 98.1 Å². The number of hydrogen-bond acceptors (Lipinski definition) is 2. The molecule has 0 N–H and O–H groups in total. The maximum Gasteiger partial charge on any atom is 0.0946 e. The minimum absolute atomic E-state index is 0.520. The van der Waals surface area contributed by atoms with E-state index in [4.69, 9.17) is 0 Å². The number of rotatable bonds is 3. The molecular weight excluding hydrogens is 196 g/mol. The third-order valence-electron chi connectivity index (χ3n) is 2.57. The third-order valence-corrected chi connectivity index (χ3v) is 2.57. The van der Waals surface area contributed by atoms with Crippen molar-refractivity contribution in [1.82, 2.24) is 0 Å². The van der Waals surface area contributed by atoms with Gasteiger partial charge in [-0.05, 0) is 35.1 Å². The fourth-order valence-electron chi connectivity index (χ4n) is 1.50. The molecule has 86 valence electrons. The summed E-state index contributed by atoms with van der Waals surface area (Å²) in [5.74, 6) is 1.04. The molecule has 16 heavy (non-hydrogen) atoms. The van der Waals surface area contributed by atoms with E-state index in [1.54, 1.807) is 7.05 Å². The van der Waals surface area contributed by atoms with Crippen LogP contribution in [0.3, 0.4) is 0 Å². The molecule has 1 aromatic carbocycles. The zero-order valence-electron chi connectivity index (χ0n) is 10.8. The Kier molecular flexibility index (Phi) is 4.45. The van der Waals surface area contributed by atoms with E-state index in [0.29, 0.717) is 11.8 Å². The lowest BCUT2D eigenvalue weighted by Crippen LogP contribution is -1.92. The molecule has 0 aromatic heterocycles. The molecule has 0 aliphatic carbocycles. The fourth-order valence-corrected chi connectivity index (χ4v) is 1.50. The lowest BCUT2D eigenvalue weighted by molar-refractivity contribution is 0.834. The molecule has 0 bridgehead atoms. The summed E-state index contributed by atoms with van der Waals surface area (Å²) < 4.78 is 0.